The van der Waals surface area contributed by atoms with E-state index in [1.165, 1.54) is 12.1 Å². The molecule has 1 aliphatic rings. The Labute approximate surface area is 110 Å². The first-order chi connectivity index (χ1) is 9.20. The molecular weight excluding hydrogens is 248 g/mol. The average Bonchev–Trinajstić information content (AvgIpc) is 2.94. The molecule has 1 N–H and O–H groups in total. The second-order valence-corrected chi connectivity index (χ2v) is 4.71. The van der Waals surface area contributed by atoms with Crippen LogP contribution in [0.3, 0.4) is 0 Å². The molecule has 0 bridgehead atoms. The summed E-state index contributed by atoms with van der Waals surface area (Å²) < 4.78 is 28.4. The summed E-state index contributed by atoms with van der Waals surface area (Å²) in [4.78, 5) is 0. The van der Waals surface area contributed by atoms with Crippen LogP contribution < -0.4 is 5.32 Å². The maximum absolute atomic E-state index is 13.9. The molecule has 0 radical (unpaired) electrons. The van der Waals surface area contributed by atoms with Crippen LogP contribution >= 0.6 is 0 Å². The van der Waals surface area contributed by atoms with Crippen LogP contribution in [0.1, 0.15) is 24.6 Å². The van der Waals surface area contributed by atoms with Crippen molar-refractivity contribution in [2.75, 3.05) is 11.9 Å². The molecule has 1 aliphatic heterocycles. The minimum absolute atomic E-state index is 0.286. The van der Waals surface area contributed by atoms with E-state index in [4.69, 9.17) is 0 Å². The van der Waals surface area contributed by atoms with E-state index < -0.39 is 11.6 Å². The van der Waals surface area contributed by atoms with E-state index in [1.807, 2.05) is 0 Å². The smallest absolute Gasteiger partial charge is 0.151 e. The van der Waals surface area contributed by atoms with Crippen LogP contribution in [0.15, 0.2) is 18.2 Å². The summed E-state index contributed by atoms with van der Waals surface area (Å²) >= 11 is 0. The van der Waals surface area contributed by atoms with Gasteiger partial charge in [-0.05, 0) is 25.0 Å². The van der Waals surface area contributed by atoms with Gasteiger partial charge in [0.15, 0.2) is 5.82 Å². The minimum atomic E-state index is -0.595. The van der Waals surface area contributed by atoms with Crippen molar-refractivity contribution in [1.29, 1.82) is 0 Å². The fourth-order valence-electron chi connectivity index (χ4n) is 2.51. The van der Waals surface area contributed by atoms with Gasteiger partial charge in [-0.1, -0.05) is 13.3 Å². The van der Waals surface area contributed by atoms with E-state index in [2.05, 4.69) is 17.3 Å². The number of aromatic nitrogens is 2. The van der Waals surface area contributed by atoms with Gasteiger partial charge in [0.05, 0.1) is 5.69 Å². The summed E-state index contributed by atoms with van der Waals surface area (Å²) in [6, 6.07) is 3.56. The Morgan fingerprint density at radius 2 is 2.21 bits per heavy atom. The average molecular weight is 263 g/mol. The highest BCUT2D eigenvalue weighted by Crippen LogP contribution is 2.30. The Balaban J connectivity index is 2.12. The van der Waals surface area contributed by atoms with Crippen LogP contribution in [0.2, 0.25) is 0 Å². The van der Waals surface area contributed by atoms with Gasteiger partial charge in [0.2, 0.25) is 0 Å². The molecule has 0 atom stereocenters. The van der Waals surface area contributed by atoms with Crippen molar-refractivity contribution in [1.82, 2.24) is 9.78 Å². The second-order valence-electron chi connectivity index (χ2n) is 4.71. The molecule has 100 valence electrons. The molecule has 5 heteroatoms. The zero-order chi connectivity index (χ0) is 13.4. The topological polar surface area (TPSA) is 29.9 Å². The lowest BCUT2D eigenvalue weighted by Gasteiger charge is -2.07. The molecule has 0 saturated carbocycles. The van der Waals surface area contributed by atoms with Gasteiger partial charge in [-0.3, -0.25) is 0 Å². The zero-order valence-electron chi connectivity index (χ0n) is 10.7. The molecule has 19 heavy (non-hydrogen) atoms. The lowest BCUT2D eigenvalue weighted by atomic mass is 10.1. The lowest BCUT2D eigenvalue weighted by Crippen LogP contribution is -2.06. The number of hydrogen-bond donors (Lipinski definition) is 1. The fraction of sp³-hybridized carbons (Fsp3) is 0.357. The Morgan fingerprint density at radius 3 is 2.95 bits per heavy atom. The number of anilines is 1. The molecule has 3 nitrogen and oxygen atoms in total. The Kier molecular flexibility index (Phi) is 2.97. The van der Waals surface area contributed by atoms with Crippen molar-refractivity contribution >= 4 is 5.82 Å². The first kappa shape index (κ1) is 12.1. The van der Waals surface area contributed by atoms with E-state index in [9.17, 15) is 8.78 Å². The number of fused-ring (bicyclic) bond motifs is 1. The lowest BCUT2D eigenvalue weighted by molar-refractivity contribution is 0.573. The molecule has 0 fully saturated rings. The van der Waals surface area contributed by atoms with Crippen LogP contribution in [0.25, 0.3) is 5.69 Å². The Hall–Kier alpha value is -1.91. The Morgan fingerprint density at radius 1 is 1.37 bits per heavy atom. The third-order valence-electron chi connectivity index (χ3n) is 3.36. The van der Waals surface area contributed by atoms with E-state index in [0.717, 1.165) is 48.9 Å². The third-order valence-corrected chi connectivity index (χ3v) is 3.36. The molecule has 0 amide bonds. The number of rotatable bonds is 3. The number of nitrogens with zero attached hydrogens (tertiary/aromatic N) is 2. The molecular formula is C14H15F2N3. The molecule has 2 aromatic rings. The van der Waals surface area contributed by atoms with Gasteiger partial charge in [-0.25, -0.2) is 13.5 Å². The van der Waals surface area contributed by atoms with Crippen molar-refractivity contribution in [2.24, 2.45) is 0 Å². The molecule has 0 unspecified atom stereocenters. The maximum atomic E-state index is 13.9. The largest absolute Gasteiger partial charge is 0.369 e. The number of benzene rings is 1. The van der Waals surface area contributed by atoms with Gasteiger partial charge in [-0.2, -0.15) is 5.10 Å². The van der Waals surface area contributed by atoms with Crippen LogP contribution in [-0.4, -0.2) is 16.3 Å². The molecule has 1 aromatic carbocycles. The fourth-order valence-corrected chi connectivity index (χ4v) is 2.51. The highest BCUT2D eigenvalue weighted by Gasteiger charge is 2.23. The Bertz CT molecular complexity index is 619. The normalized spacial score (nSPS) is 13.4. The predicted octanol–water partition coefficient (Wildman–Crippen LogP) is 3.07. The van der Waals surface area contributed by atoms with E-state index in [1.54, 1.807) is 4.68 Å². The molecule has 0 aliphatic carbocycles. The van der Waals surface area contributed by atoms with Crippen LogP contribution in [-0.2, 0) is 12.8 Å². The van der Waals surface area contributed by atoms with E-state index >= 15 is 0 Å². The maximum Gasteiger partial charge on any atom is 0.151 e. The van der Waals surface area contributed by atoms with Crippen LogP contribution in [0.4, 0.5) is 14.6 Å². The first-order valence-electron chi connectivity index (χ1n) is 6.50. The summed E-state index contributed by atoms with van der Waals surface area (Å²) in [5.41, 5.74) is 2.45. The van der Waals surface area contributed by atoms with E-state index in [-0.39, 0.29) is 5.69 Å². The first-order valence-corrected chi connectivity index (χ1v) is 6.50. The van der Waals surface area contributed by atoms with Crippen molar-refractivity contribution < 1.29 is 8.78 Å². The van der Waals surface area contributed by atoms with Crippen LogP contribution in [0, 0.1) is 11.6 Å². The summed E-state index contributed by atoms with van der Waals surface area (Å²) in [6.45, 7) is 2.93. The molecule has 3 rings (SSSR count). The summed E-state index contributed by atoms with van der Waals surface area (Å²) in [6.07, 6.45) is 2.78. The van der Waals surface area contributed by atoms with Crippen molar-refractivity contribution in [3.8, 4) is 5.69 Å². The summed E-state index contributed by atoms with van der Waals surface area (Å²) in [5, 5.41) is 7.70. The second kappa shape index (κ2) is 4.64. The van der Waals surface area contributed by atoms with Crippen molar-refractivity contribution in [3.63, 3.8) is 0 Å². The standard InChI is InChI=1S/C14H15F2N3/c1-2-3-12-10-6-7-17-14(10)19(18-12)13-5-4-9(15)8-11(13)16/h4-5,8,17H,2-3,6-7H2,1H3. The summed E-state index contributed by atoms with van der Waals surface area (Å²) in [5.74, 6) is -0.331. The zero-order valence-corrected chi connectivity index (χ0v) is 10.7. The quantitative estimate of drug-likeness (QED) is 0.922. The number of aryl methyl sites for hydroxylation is 1. The van der Waals surface area contributed by atoms with Crippen molar-refractivity contribution in [3.05, 3.63) is 41.1 Å². The number of nitrogens with one attached hydrogen (secondary N) is 1. The predicted molar refractivity (Wildman–Crippen MR) is 69.7 cm³/mol. The van der Waals surface area contributed by atoms with Gasteiger partial charge < -0.3 is 5.32 Å². The van der Waals surface area contributed by atoms with Gasteiger partial charge in [0.1, 0.15) is 17.3 Å². The molecule has 1 aromatic heterocycles. The van der Waals surface area contributed by atoms with Crippen LogP contribution in [0.5, 0.6) is 0 Å². The molecule has 2 heterocycles. The molecule has 0 spiro atoms. The highest BCUT2D eigenvalue weighted by atomic mass is 19.1. The van der Waals surface area contributed by atoms with Gasteiger partial charge >= 0.3 is 0 Å². The summed E-state index contributed by atoms with van der Waals surface area (Å²) in [7, 11) is 0. The number of hydrogen-bond acceptors (Lipinski definition) is 2. The van der Waals surface area contributed by atoms with Gasteiger partial charge in [-0.15, -0.1) is 0 Å². The van der Waals surface area contributed by atoms with Gasteiger partial charge in [0, 0.05) is 18.2 Å². The van der Waals surface area contributed by atoms with E-state index in [0.29, 0.717) is 0 Å². The monoisotopic (exact) mass is 263 g/mol. The molecule has 0 saturated heterocycles. The number of halogens is 2. The SMILES string of the molecule is CCCc1nn(-c2ccc(F)cc2F)c2c1CCN2. The van der Waals surface area contributed by atoms with Gasteiger partial charge in [0.25, 0.3) is 0 Å². The third kappa shape index (κ3) is 1.99. The van der Waals surface area contributed by atoms with Crippen molar-refractivity contribution in [2.45, 2.75) is 26.2 Å². The minimum Gasteiger partial charge on any atom is -0.369 e. The highest BCUT2D eigenvalue weighted by molar-refractivity contribution is 5.57.